The van der Waals surface area contributed by atoms with Crippen LogP contribution in [0.2, 0.25) is 0 Å². The number of thiazole rings is 1. The summed E-state index contributed by atoms with van der Waals surface area (Å²) in [6.07, 6.45) is 0.589. The van der Waals surface area contributed by atoms with E-state index in [1.807, 2.05) is 42.5 Å². The predicted molar refractivity (Wildman–Crippen MR) is 106 cm³/mol. The van der Waals surface area contributed by atoms with E-state index in [0.29, 0.717) is 11.4 Å². The maximum Gasteiger partial charge on any atom is 0.319 e. The number of amides is 2. The molecule has 1 atom stereocenters. The lowest BCUT2D eigenvalue weighted by Crippen LogP contribution is -2.32. The second kappa shape index (κ2) is 7.61. The number of anilines is 1. The number of nitrogens with one attached hydrogen (secondary N) is 2. The summed E-state index contributed by atoms with van der Waals surface area (Å²) in [5, 5.41) is 16.2. The molecule has 7 heteroatoms. The molecular weight excluding hydrogens is 362 g/mol. The first-order valence-corrected chi connectivity index (χ1v) is 9.23. The van der Waals surface area contributed by atoms with Crippen LogP contribution in [-0.2, 0) is 0 Å². The summed E-state index contributed by atoms with van der Waals surface area (Å²) in [5.41, 5.74) is 2.54. The summed E-state index contributed by atoms with van der Waals surface area (Å²) >= 11 is 1.61. The Hall–Kier alpha value is -3.16. The van der Waals surface area contributed by atoms with E-state index in [-0.39, 0.29) is 6.54 Å². The van der Waals surface area contributed by atoms with Gasteiger partial charge in [0.1, 0.15) is 16.9 Å². The van der Waals surface area contributed by atoms with Gasteiger partial charge >= 0.3 is 6.03 Å². The molecule has 2 aromatic carbocycles. The van der Waals surface area contributed by atoms with Crippen molar-refractivity contribution in [1.29, 1.82) is 0 Å². The molecule has 2 aromatic heterocycles. The Bertz CT molecular complexity index is 1030. The molecule has 0 aliphatic heterocycles. The van der Waals surface area contributed by atoms with Crippen LogP contribution in [0.25, 0.3) is 20.8 Å². The number of aliphatic hydroxyl groups excluding tert-OH is 1. The van der Waals surface area contributed by atoms with Crippen LogP contribution < -0.4 is 10.6 Å². The minimum atomic E-state index is -0.889. The van der Waals surface area contributed by atoms with Gasteiger partial charge in [0.15, 0.2) is 0 Å². The monoisotopic (exact) mass is 379 g/mol. The molecule has 0 radical (unpaired) electrons. The molecule has 6 nitrogen and oxygen atoms in total. The lowest BCUT2D eigenvalue weighted by molar-refractivity contribution is 0.149. The van der Waals surface area contributed by atoms with Gasteiger partial charge in [-0.1, -0.05) is 24.3 Å². The van der Waals surface area contributed by atoms with E-state index in [1.165, 1.54) is 6.26 Å². The van der Waals surface area contributed by atoms with E-state index in [1.54, 1.807) is 29.5 Å². The van der Waals surface area contributed by atoms with Crippen LogP contribution in [0.3, 0.4) is 0 Å². The lowest BCUT2D eigenvalue weighted by atomic mass is 10.2. The first-order valence-electron chi connectivity index (χ1n) is 8.41. The predicted octanol–water partition coefficient (Wildman–Crippen LogP) is 4.41. The van der Waals surface area contributed by atoms with Gasteiger partial charge < -0.3 is 20.2 Å². The molecule has 1 unspecified atom stereocenters. The van der Waals surface area contributed by atoms with Crippen LogP contribution in [-0.4, -0.2) is 22.7 Å². The molecule has 2 amide bonds. The third-order valence-electron chi connectivity index (χ3n) is 3.99. The Labute approximate surface area is 159 Å². The van der Waals surface area contributed by atoms with Crippen LogP contribution in [0.5, 0.6) is 0 Å². The number of rotatable bonds is 5. The summed E-state index contributed by atoms with van der Waals surface area (Å²) in [6.45, 7) is 0.0525. The Kier molecular flexibility index (Phi) is 4.86. The molecule has 0 aliphatic rings. The van der Waals surface area contributed by atoms with Gasteiger partial charge in [0, 0.05) is 11.3 Å². The topological polar surface area (TPSA) is 87.4 Å². The number of aromatic nitrogens is 1. The Morgan fingerprint density at radius 2 is 2.04 bits per heavy atom. The van der Waals surface area contributed by atoms with Gasteiger partial charge in [-0.2, -0.15) is 0 Å². The number of aliphatic hydroxyl groups is 1. The first kappa shape index (κ1) is 17.3. The fourth-order valence-electron chi connectivity index (χ4n) is 2.67. The van der Waals surface area contributed by atoms with Gasteiger partial charge in [0.25, 0.3) is 0 Å². The molecule has 4 rings (SSSR count). The molecule has 0 fully saturated rings. The number of carbonyl (C=O) groups excluding carboxylic acids is 1. The van der Waals surface area contributed by atoms with Crippen LogP contribution in [0.1, 0.15) is 11.9 Å². The third-order valence-corrected chi connectivity index (χ3v) is 5.07. The summed E-state index contributed by atoms with van der Waals surface area (Å²) < 4.78 is 6.23. The Morgan fingerprint density at radius 3 is 2.85 bits per heavy atom. The molecule has 0 aliphatic carbocycles. The molecule has 27 heavy (non-hydrogen) atoms. The molecule has 0 saturated carbocycles. The van der Waals surface area contributed by atoms with Crippen molar-refractivity contribution in [3.63, 3.8) is 0 Å². The number of hydrogen-bond donors (Lipinski definition) is 3. The normalized spacial score (nSPS) is 12.0. The minimum Gasteiger partial charge on any atom is -0.467 e. The average Bonchev–Trinajstić information content (AvgIpc) is 3.36. The van der Waals surface area contributed by atoms with E-state index in [0.717, 1.165) is 20.8 Å². The number of nitrogens with zero attached hydrogens (tertiary/aromatic N) is 1. The molecular formula is C20H17N3O3S. The standard InChI is InChI=1S/C20H17N3O3S/c24-16(17-8-4-10-26-17)12-21-20(25)22-14-6-3-5-13(11-14)19-23-15-7-1-2-9-18(15)27-19/h1-11,16,24H,12H2,(H2,21,22,25). The zero-order chi connectivity index (χ0) is 18.6. The molecule has 136 valence electrons. The van der Waals surface area contributed by atoms with Gasteiger partial charge in [-0.05, 0) is 36.4 Å². The van der Waals surface area contributed by atoms with E-state index >= 15 is 0 Å². The SMILES string of the molecule is O=C(NCC(O)c1ccco1)Nc1cccc(-c2nc3ccccc3s2)c1. The van der Waals surface area contributed by atoms with Crippen molar-refractivity contribution >= 4 is 33.3 Å². The van der Waals surface area contributed by atoms with Crippen molar-refractivity contribution in [2.24, 2.45) is 0 Å². The Morgan fingerprint density at radius 1 is 1.15 bits per heavy atom. The second-order valence-corrected chi connectivity index (χ2v) is 6.96. The van der Waals surface area contributed by atoms with Gasteiger partial charge in [0.05, 0.1) is 23.0 Å². The number of urea groups is 1. The maximum atomic E-state index is 12.1. The number of furan rings is 1. The molecule has 0 bridgehead atoms. The van der Waals surface area contributed by atoms with Crippen molar-refractivity contribution in [1.82, 2.24) is 10.3 Å². The highest BCUT2D eigenvalue weighted by Gasteiger charge is 2.12. The fourth-order valence-corrected chi connectivity index (χ4v) is 3.63. The Balaban J connectivity index is 1.42. The van der Waals surface area contributed by atoms with Gasteiger partial charge in [0.2, 0.25) is 0 Å². The van der Waals surface area contributed by atoms with Crippen LogP contribution >= 0.6 is 11.3 Å². The quantitative estimate of drug-likeness (QED) is 0.479. The van der Waals surface area contributed by atoms with Crippen molar-refractivity contribution in [2.75, 3.05) is 11.9 Å². The van der Waals surface area contributed by atoms with Crippen molar-refractivity contribution in [3.05, 3.63) is 72.7 Å². The summed E-state index contributed by atoms with van der Waals surface area (Å²) in [7, 11) is 0. The summed E-state index contributed by atoms with van der Waals surface area (Å²) in [6, 6.07) is 18.4. The number of para-hydroxylation sites is 1. The van der Waals surface area contributed by atoms with E-state index < -0.39 is 12.1 Å². The number of carbonyl (C=O) groups is 1. The molecule has 4 aromatic rings. The molecule has 0 spiro atoms. The van der Waals surface area contributed by atoms with E-state index in [2.05, 4.69) is 15.6 Å². The van der Waals surface area contributed by atoms with E-state index in [4.69, 9.17) is 4.42 Å². The average molecular weight is 379 g/mol. The van der Waals surface area contributed by atoms with Crippen molar-refractivity contribution in [2.45, 2.75) is 6.10 Å². The molecule has 2 heterocycles. The largest absolute Gasteiger partial charge is 0.467 e. The highest BCUT2D eigenvalue weighted by atomic mass is 32.1. The lowest BCUT2D eigenvalue weighted by Gasteiger charge is -2.11. The maximum absolute atomic E-state index is 12.1. The molecule has 0 saturated heterocycles. The van der Waals surface area contributed by atoms with Crippen LogP contribution in [0.4, 0.5) is 10.5 Å². The van der Waals surface area contributed by atoms with Crippen LogP contribution in [0, 0.1) is 0 Å². The highest BCUT2D eigenvalue weighted by molar-refractivity contribution is 7.21. The fraction of sp³-hybridized carbons (Fsp3) is 0.100. The highest BCUT2D eigenvalue weighted by Crippen LogP contribution is 2.31. The van der Waals surface area contributed by atoms with E-state index in [9.17, 15) is 9.90 Å². The van der Waals surface area contributed by atoms with Gasteiger partial charge in [-0.3, -0.25) is 0 Å². The summed E-state index contributed by atoms with van der Waals surface area (Å²) in [4.78, 5) is 16.7. The number of fused-ring (bicyclic) bond motifs is 1. The van der Waals surface area contributed by atoms with Crippen LogP contribution in [0.15, 0.2) is 71.3 Å². The van der Waals surface area contributed by atoms with Crippen molar-refractivity contribution in [3.8, 4) is 10.6 Å². The zero-order valence-corrected chi connectivity index (χ0v) is 15.1. The molecule has 3 N–H and O–H groups in total. The van der Waals surface area contributed by atoms with Gasteiger partial charge in [-0.25, -0.2) is 9.78 Å². The number of hydrogen-bond acceptors (Lipinski definition) is 5. The smallest absolute Gasteiger partial charge is 0.319 e. The second-order valence-electron chi connectivity index (χ2n) is 5.93. The number of benzene rings is 2. The summed E-state index contributed by atoms with van der Waals surface area (Å²) in [5.74, 6) is 0.410. The minimum absolute atomic E-state index is 0.0525. The van der Waals surface area contributed by atoms with Gasteiger partial charge in [-0.15, -0.1) is 11.3 Å². The zero-order valence-electron chi connectivity index (χ0n) is 14.3. The third kappa shape index (κ3) is 3.99. The van der Waals surface area contributed by atoms with Crippen molar-refractivity contribution < 1.29 is 14.3 Å². The first-order chi connectivity index (χ1) is 13.2.